The highest BCUT2D eigenvalue weighted by atomic mass is 16.4. The minimum Gasteiger partial charge on any atom is -0.475 e. The molecule has 0 aliphatic heterocycles. The molecule has 82 valence electrons. The molecule has 6 heteroatoms. The molecule has 0 radical (unpaired) electrons. The fourth-order valence-corrected chi connectivity index (χ4v) is 1.33. The molecule has 0 fully saturated rings. The number of carboxylic acids is 1. The average Bonchev–Trinajstić information content (AvgIpc) is 2.70. The summed E-state index contributed by atoms with van der Waals surface area (Å²) in [6, 6.07) is 3.75. The summed E-state index contributed by atoms with van der Waals surface area (Å²) in [6.07, 6.45) is 3.11. The summed E-state index contributed by atoms with van der Waals surface area (Å²) in [6.45, 7) is 2.37. The van der Waals surface area contributed by atoms with Crippen LogP contribution in [0.1, 0.15) is 21.9 Å². The van der Waals surface area contributed by atoms with Crippen molar-refractivity contribution in [2.75, 3.05) is 0 Å². The van der Waals surface area contributed by atoms with Gasteiger partial charge >= 0.3 is 5.97 Å². The van der Waals surface area contributed by atoms with Gasteiger partial charge in [0.25, 0.3) is 5.82 Å². The third-order valence-corrected chi connectivity index (χ3v) is 2.18. The maximum atomic E-state index is 10.6. The van der Waals surface area contributed by atoms with Crippen LogP contribution in [0.15, 0.2) is 24.7 Å². The zero-order valence-electron chi connectivity index (χ0n) is 8.66. The highest BCUT2D eigenvalue weighted by molar-refractivity contribution is 5.82. The van der Waals surface area contributed by atoms with Crippen LogP contribution in [-0.4, -0.2) is 30.8 Å². The number of hydrogen-bond donors (Lipinski definition) is 1. The Morgan fingerprint density at radius 2 is 2.31 bits per heavy atom. The molecule has 2 aromatic heterocycles. The van der Waals surface area contributed by atoms with E-state index in [9.17, 15) is 4.79 Å². The van der Waals surface area contributed by atoms with E-state index in [-0.39, 0.29) is 5.82 Å². The third kappa shape index (κ3) is 2.05. The predicted octanol–water partition coefficient (Wildman–Crippen LogP) is 0.728. The SMILES string of the molecule is Cc1ncccc1Cn1cnc(C(=O)O)n1. The molecular weight excluding hydrogens is 208 g/mol. The van der Waals surface area contributed by atoms with Crippen molar-refractivity contribution < 1.29 is 9.90 Å². The molecule has 0 aromatic carbocycles. The van der Waals surface area contributed by atoms with Crippen LogP contribution >= 0.6 is 0 Å². The minimum atomic E-state index is -1.12. The van der Waals surface area contributed by atoms with Gasteiger partial charge in [0.2, 0.25) is 0 Å². The lowest BCUT2D eigenvalue weighted by atomic mass is 10.2. The van der Waals surface area contributed by atoms with Crippen molar-refractivity contribution in [1.29, 1.82) is 0 Å². The van der Waals surface area contributed by atoms with Crippen LogP contribution in [0.4, 0.5) is 0 Å². The molecule has 6 nitrogen and oxygen atoms in total. The van der Waals surface area contributed by atoms with E-state index in [2.05, 4.69) is 15.1 Å². The van der Waals surface area contributed by atoms with E-state index in [4.69, 9.17) is 5.11 Å². The predicted molar refractivity (Wildman–Crippen MR) is 55.1 cm³/mol. The highest BCUT2D eigenvalue weighted by Gasteiger charge is 2.09. The van der Waals surface area contributed by atoms with Gasteiger partial charge in [-0.25, -0.2) is 14.5 Å². The summed E-state index contributed by atoms with van der Waals surface area (Å²) in [5.74, 6) is -1.32. The number of carbonyl (C=O) groups is 1. The minimum absolute atomic E-state index is 0.193. The van der Waals surface area contributed by atoms with Gasteiger partial charge in [0, 0.05) is 11.9 Å². The van der Waals surface area contributed by atoms with Gasteiger partial charge in [-0.3, -0.25) is 4.98 Å². The Kier molecular flexibility index (Phi) is 2.63. The lowest BCUT2D eigenvalue weighted by Crippen LogP contribution is -2.05. The molecule has 1 N–H and O–H groups in total. The van der Waals surface area contributed by atoms with Gasteiger partial charge in [0.05, 0.1) is 6.54 Å². The van der Waals surface area contributed by atoms with Crippen LogP contribution in [0.3, 0.4) is 0 Å². The maximum absolute atomic E-state index is 10.6. The van der Waals surface area contributed by atoms with Crippen LogP contribution in [0.2, 0.25) is 0 Å². The number of aromatic nitrogens is 4. The first kappa shape index (κ1) is 10.3. The van der Waals surface area contributed by atoms with E-state index in [0.29, 0.717) is 6.54 Å². The normalized spacial score (nSPS) is 10.3. The Morgan fingerprint density at radius 3 is 2.94 bits per heavy atom. The van der Waals surface area contributed by atoms with Gasteiger partial charge in [-0.05, 0) is 18.6 Å². The average molecular weight is 218 g/mol. The van der Waals surface area contributed by atoms with Gasteiger partial charge in [0.15, 0.2) is 0 Å². The Labute approximate surface area is 91.6 Å². The Hall–Kier alpha value is -2.24. The molecule has 0 saturated heterocycles. The zero-order valence-corrected chi connectivity index (χ0v) is 8.66. The molecule has 16 heavy (non-hydrogen) atoms. The smallest absolute Gasteiger partial charge is 0.375 e. The van der Waals surface area contributed by atoms with Crippen LogP contribution < -0.4 is 0 Å². The fourth-order valence-electron chi connectivity index (χ4n) is 1.33. The Bertz CT molecular complexity index is 521. The van der Waals surface area contributed by atoms with Gasteiger partial charge in [-0.15, -0.1) is 5.10 Å². The van der Waals surface area contributed by atoms with Crippen molar-refractivity contribution in [1.82, 2.24) is 19.7 Å². The summed E-state index contributed by atoms with van der Waals surface area (Å²) < 4.78 is 1.48. The second-order valence-corrected chi connectivity index (χ2v) is 3.32. The molecule has 2 heterocycles. The van der Waals surface area contributed by atoms with Crippen LogP contribution in [-0.2, 0) is 6.54 Å². The van der Waals surface area contributed by atoms with E-state index in [1.807, 2.05) is 19.1 Å². The third-order valence-electron chi connectivity index (χ3n) is 2.18. The first-order valence-corrected chi connectivity index (χ1v) is 4.70. The van der Waals surface area contributed by atoms with E-state index in [0.717, 1.165) is 11.3 Å². The number of nitrogens with zero attached hydrogens (tertiary/aromatic N) is 4. The first-order chi connectivity index (χ1) is 7.66. The van der Waals surface area contributed by atoms with Crippen molar-refractivity contribution in [3.05, 3.63) is 41.7 Å². The zero-order chi connectivity index (χ0) is 11.5. The second kappa shape index (κ2) is 4.09. The van der Waals surface area contributed by atoms with E-state index < -0.39 is 5.97 Å². The standard InChI is InChI=1S/C10H10N4O2/c1-7-8(3-2-4-11-7)5-14-6-12-9(13-14)10(15)16/h2-4,6H,5H2,1H3,(H,15,16). The highest BCUT2D eigenvalue weighted by Crippen LogP contribution is 2.05. The first-order valence-electron chi connectivity index (χ1n) is 4.70. The van der Waals surface area contributed by atoms with Crippen LogP contribution in [0.5, 0.6) is 0 Å². The molecule has 0 aliphatic rings. The molecule has 0 unspecified atom stereocenters. The summed E-state index contributed by atoms with van der Waals surface area (Å²) in [5, 5.41) is 12.5. The van der Waals surface area contributed by atoms with Crippen molar-refractivity contribution >= 4 is 5.97 Å². The van der Waals surface area contributed by atoms with Gasteiger partial charge in [-0.1, -0.05) is 6.07 Å². The van der Waals surface area contributed by atoms with E-state index in [1.54, 1.807) is 6.20 Å². The fraction of sp³-hybridized carbons (Fsp3) is 0.200. The molecule has 0 saturated carbocycles. The summed E-state index contributed by atoms with van der Waals surface area (Å²) in [4.78, 5) is 18.4. The van der Waals surface area contributed by atoms with Crippen LogP contribution in [0, 0.1) is 6.92 Å². The number of carboxylic acid groups (broad SMARTS) is 1. The van der Waals surface area contributed by atoms with Crippen molar-refractivity contribution in [3.8, 4) is 0 Å². The molecule has 2 aromatic rings. The lowest BCUT2D eigenvalue weighted by molar-refractivity contribution is 0.0683. The largest absolute Gasteiger partial charge is 0.475 e. The lowest BCUT2D eigenvalue weighted by Gasteiger charge is -2.03. The van der Waals surface area contributed by atoms with Crippen molar-refractivity contribution in [2.24, 2.45) is 0 Å². The topological polar surface area (TPSA) is 80.9 Å². The quantitative estimate of drug-likeness (QED) is 0.821. The van der Waals surface area contributed by atoms with Gasteiger partial charge < -0.3 is 5.11 Å². The second-order valence-electron chi connectivity index (χ2n) is 3.32. The van der Waals surface area contributed by atoms with Gasteiger partial charge in [-0.2, -0.15) is 0 Å². The summed E-state index contributed by atoms with van der Waals surface area (Å²) in [7, 11) is 0. The summed E-state index contributed by atoms with van der Waals surface area (Å²) in [5.41, 5.74) is 1.89. The molecular formula is C10H10N4O2. The number of rotatable bonds is 3. The van der Waals surface area contributed by atoms with E-state index >= 15 is 0 Å². The molecule has 0 aliphatic carbocycles. The monoisotopic (exact) mass is 218 g/mol. The number of aromatic carboxylic acids is 1. The maximum Gasteiger partial charge on any atom is 0.375 e. The summed E-state index contributed by atoms with van der Waals surface area (Å²) >= 11 is 0. The van der Waals surface area contributed by atoms with Crippen LogP contribution in [0.25, 0.3) is 0 Å². The molecule has 0 atom stereocenters. The van der Waals surface area contributed by atoms with Crippen molar-refractivity contribution in [3.63, 3.8) is 0 Å². The Balaban J connectivity index is 2.21. The molecule has 0 bridgehead atoms. The molecule has 2 rings (SSSR count). The Morgan fingerprint density at radius 1 is 1.50 bits per heavy atom. The molecule has 0 amide bonds. The van der Waals surface area contributed by atoms with Gasteiger partial charge in [0.1, 0.15) is 6.33 Å². The number of hydrogen-bond acceptors (Lipinski definition) is 4. The van der Waals surface area contributed by atoms with Crippen molar-refractivity contribution in [2.45, 2.75) is 13.5 Å². The number of pyridine rings is 1. The van der Waals surface area contributed by atoms with E-state index in [1.165, 1.54) is 11.0 Å². The number of aryl methyl sites for hydroxylation is 1. The molecule has 0 spiro atoms.